The van der Waals surface area contributed by atoms with Crippen LogP contribution in [0.5, 0.6) is 0 Å². The van der Waals surface area contributed by atoms with E-state index >= 15 is 0 Å². The van der Waals surface area contributed by atoms with E-state index in [4.69, 9.17) is 19.4 Å². The second-order valence-electron chi connectivity index (χ2n) is 13.9. The molecule has 2 aromatic heterocycles. The smallest absolute Gasteiger partial charge is 0.164 e. The minimum atomic E-state index is 0.587. The molecule has 0 N–H and O–H groups in total. The van der Waals surface area contributed by atoms with E-state index < -0.39 is 0 Å². The number of para-hydroxylation sites is 1. The zero-order chi connectivity index (χ0) is 36.3. The van der Waals surface area contributed by atoms with Crippen molar-refractivity contribution in [2.24, 2.45) is 0 Å². The Balaban J connectivity index is 1.23. The lowest BCUT2D eigenvalue weighted by Gasteiger charge is -2.17. The third-order valence-corrected chi connectivity index (χ3v) is 10.7. The van der Waals surface area contributed by atoms with Crippen molar-refractivity contribution in [3.8, 4) is 56.4 Å². The summed E-state index contributed by atoms with van der Waals surface area (Å²) in [5.41, 5.74) is 8.75. The van der Waals surface area contributed by atoms with Gasteiger partial charge in [0, 0.05) is 27.5 Å². The van der Waals surface area contributed by atoms with Gasteiger partial charge in [-0.05, 0) is 72.8 Å². The molecular weight excluding hydrogens is 671 g/mol. The van der Waals surface area contributed by atoms with Gasteiger partial charge in [-0.1, -0.05) is 170 Å². The van der Waals surface area contributed by atoms with Gasteiger partial charge in [0.25, 0.3) is 0 Å². The van der Waals surface area contributed by atoms with E-state index in [1.54, 1.807) is 0 Å². The average molecular weight is 702 g/mol. The van der Waals surface area contributed by atoms with Crippen molar-refractivity contribution >= 4 is 54.3 Å². The number of hydrogen-bond donors (Lipinski definition) is 0. The van der Waals surface area contributed by atoms with Crippen LogP contribution in [-0.4, -0.2) is 15.0 Å². The molecule has 11 rings (SSSR count). The highest BCUT2D eigenvalue weighted by molar-refractivity contribution is 6.21. The zero-order valence-corrected chi connectivity index (χ0v) is 29.6. The van der Waals surface area contributed by atoms with Crippen molar-refractivity contribution in [2.45, 2.75) is 0 Å². The van der Waals surface area contributed by atoms with Gasteiger partial charge in [-0.2, -0.15) is 0 Å². The van der Waals surface area contributed by atoms with E-state index in [0.29, 0.717) is 17.5 Å². The van der Waals surface area contributed by atoms with Gasteiger partial charge in [-0.3, -0.25) is 0 Å². The van der Waals surface area contributed by atoms with Gasteiger partial charge >= 0.3 is 0 Å². The number of rotatable bonds is 5. The Morgan fingerprint density at radius 1 is 0.309 bits per heavy atom. The molecule has 0 saturated heterocycles. The highest BCUT2D eigenvalue weighted by Crippen LogP contribution is 2.44. The number of hydrogen-bond acceptors (Lipinski definition) is 4. The summed E-state index contributed by atoms with van der Waals surface area (Å²) < 4.78 is 6.34. The molecule has 0 atom stereocenters. The third-order valence-electron chi connectivity index (χ3n) is 10.7. The Morgan fingerprint density at radius 2 is 0.855 bits per heavy atom. The van der Waals surface area contributed by atoms with Crippen LogP contribution in [0, 0.1) is 0 Å². The number of fused-ring (bicyclic) bond motifs is 7. The van der Waals surface area contributed by atoms with Crippen LogP contribution in [0.1, 0.15) is 0 Å². The topological polar surface area (TPSA) is 51.8 Å². The summed E-state index contributed by atoms with van der Waals surface area (Å²) in [5, 5.41) is 9.22. The predicted molar refractivity (Wildman–Crippen MR) is 227 cm³/mol. The van der Waals surface area contributed by atoms with Crippen LogP contribution in [0.4, 0.5) is 0 Å². The molecule has 55 heavy (non-hydrogen) atoms. The Labute approximate surface area is 317 Å². The Morgan fingerprint density at radius 3 is 1.64 bits per heavy atom. The molecule has 0 radical (unpaired) electrons. The summed E-state index contributed by atoms with van der Waals surface area (Å²) >= 11 is 0. The van der Waals surface area contributed by atoms with Crippen LogP contribution in [0.3, 0.4) is 0 Å². The Kier molecular flexibility index (Phi) is 7.14. The van der Waals surface area contributed by atoms with E-state index in [0.717, 1.165) is 60.9 Å². The normalized spacial score (nSPS) is 11.6. The minimum Gasteiger partial charge on any atom is -0.456 e. The van der Waals surface area contributed by atoms with Crippen molar-refractivity contribution in [2.75, 3.05) is 0 Å². The van der Waals surface area contributed by atoms with Crippen LogP contribution in [0.2, 0.25) is 0 Å². The molecule has 0 unspecified atom stereocenters. The van der Waals surface area contributed by atoms with E-state index in [1.165, 1.54) is 32.3 Å². The van der Waals surface area contributed by atoms with Crippen molar-refractivity contribution < 1.29 is 4.42 Å². The maximum Gasteiger partial charge on any atom is 0.164 e. The molecule has 0 bridgehead atoms. The van der Waals surface area contributed by atoms with Crippen molar-refractivity contribution in [1.82, 2.24) is 15.0 Å². The number of benzene rings is 9. The van der Waals surface area contributed by atoms with Gasteiger partial charge in [0.1, 0.15) is 11.2 Å². The molecule has 4 nitrogen and oxygen atoms in total. The fraction of sp³-hybridized carbons (Fsp3) is 0. The summed E-state index contributed by atoms with van der Waals surface area (Å²) in [5.74, 6) is 1.79. The highest BCUT2D eigenvalue weighted by atomic mass is 16.3. The zero-order valence-electron chi connectivity index (χ0n) is 29.6. The summed E-state index contributed by atoms with van der Waals surface area (Å²) in [6.07, 6.45) is 0. The van der Waals surface area contributed by atoms with Gasteiger partial charge in [-0.25, -0.2) is 15.0 Å². The Hall–Kier alpha value is -7.43. The largest absolute Gasteiger partial charge is 0.456 e. The van der Waals surface area contributed by atoms with Crippen molar-refractivity contribution in [3.05, 3.63) is 188 Å². The minimum absolute atomic E-state index is 0.587. The molecule has 0 spiro atoms. The van der Waals surface area contributed by atoms with Crippen molar-refractivity contribution in [1.29, 1.82) is 0 Å². The molecule has 0 aliphatic rings. The first kappa shape index (κ1) is 31.1. The number of aromatic nitrogens is 3. The van der Waals surface area contributed by atoms with Crippen LogP contribution < -0.4 is 0 Å². The lowest BCUT2D eigenvalue weighted by atomic mass is 9.88. The van der Waals surface area contributed by atoms with E-state index in [1.807, 2.05) is 36.4 Å². The summed E-state index contributed by atoms with van der Waals surface area (Å²) in [7, 11) is 0. The molecule has 4 heteroatoms. The first-order chi connectivity index (χ1) is 27.3. The van der Waals surface area contributed by atoms with Gasteiger partial charge in [0.15, 0.2) is 17.5 Å². The second kappa shape index (κ2) is 12.6. The lowest BCUT2D eigenvalue weighted by Crippen LogP contribution is -2.02. The highest BCUT2D eigenvalue weighted by Gasteiger charge is 2.22. The molecule has 9 aromatic carbocycles. The molecule has 0 aliphatic carbocycles. The summed E-state index contributed by atoms with van der Waals surface area (Å²) in [6, 6.07) is 65.7. The summed E-state index contributed by atoms with van der Waals surface area (Å²) in [6.45, 7) is 0. The van der Waals surface area contributed by atoms with Crippen molar-refractivity contribution in [3.63, 3.8) is 0 Å². The molecular formula is C51H31N3O. The van der Waals surface area contributed by atoms with E-state index in [-0.39, 0.29) is 0 Å². The van der Waals surface area contributed by atoms with Gasteiger partial charge in [-0.15, -0.1) is 0 Å². The third kappa shape index (κ3) is 5.11. The average Bonchev–Trinajstić information content (AvgIpc) is 3.65. The molecule has 0 saturated carbocycles. The standard InChI is InChI=1S/C51H31N3O/c1-2-15-32(16-3-1)35-19-8-10-23-40(35)49-52-50(54-51(53-49)43-26-14-28-46-48(43)42-25-12-13-27-45(42)55-46)41-24-11-9-22-38(41)47-37-21-7-5-18-34(37)31-44-36-20-6-4-17-33(36)29-30-39(44)47/h1-31H. The maximum atomic E-state index is 6.34. The molecule has 11 aromatic rings. The van der Waals surface area contributed by atoms with Crippen LogP contribution >= 0.6 is 0 Å². The van der Waals surface area contributed by atoms with Crippen LogP contribution in [0.25, 0.3) is 111 Å². The summed E-state index contributed by atoms with van der Waals surface area (Å²) in [4.78, 5) is 16.0. The Bertz CT molecular complexity index is 3270. The number of furan rings is 1. The van der Waals surface area contributed by atoms with E-state index in [9.17, 15) is 0 Å². The number of nitrogens with zero attached hydrogens (tertiary/aromatic N) is 3. The second-order valence-corrected chi connectivity index (χ2v) is 13.9. The molecule has 0 amide bonds. The molecule has 256 valence electrons. The monoisotopic (exact) mass is 701 g/mol. The first-order valence-corrected chi connectivity index (χ1v) is 18.5. The van der Waals surface area contributed by atoms with Gasteiger partial charge in [0.2, 0.25) is 0 Å². The maximum absolute atomic E-state index is 6.34. The predicted octanol–water partition coefficient (Wildman–Crippen LogP) is 13.6. The van der Waals surface area contributed by atoms with Gasteiger partial charge in [0.05, 0.1) is 0 Å². The fourth-order valence-electron chi connectivity index (χ4n) is 8.25. The quantitative estimate of drug-likeness (QED) is 0.132. The lowest BCUT2D eigenvalue weighted by molar-refractivity contribution is 0.669. The van der Waals surface area contributed by atoms with E-state index in [2.05, 4.69) is 152 Å². The molecule has 0 fully saturated rings. The SMILES string of the molecule is c1ccc(-c2ccccc2-c2nc(-c3ccccc3-c3c4ccccc4cc4c3ccc3ccccc34)nc(-c3cccc4oc5ccccc5c34)n2)cc1. The molecule has 0 aliphatic heterocycles. The van der Waals surface area contributed by atoms with Crippen LogP contribution in [-0.2, 0) is 0 Å². The van der Waals surface area contributed by atoms with Gasteiger partial charge < -0.3 is 4.42 Å². The molecule has 2 heterocycles. The fourth-order valence-corrected chi connectivity index (χ4v) is 8.25. The first-order valence-electron chi connectivity index (χ1n) is 18.5. The van der Waals surface area contributed by atoms with Crippen LogP contribution in [0.15, 0.2) is 192 Å².